The third-order valence-corrected chi connectivity index (χ3v) is 6.13. The first-order valence-corrected chi connectivity index (χ1v) is 11.7. The molecule has 4 rings (SSSR count). The van der Waals surface area contributed by atoms with Crippen LogP contribution in [0.5, 0.6) is 0 Å². The molecule has 1 aromatic heterocycles. The summed E-state index contributed by atoms with van der Waals surface area (Å²) < 4.78 is 5.79. The number of rotatable bonds is 9. The zero-order valence-corrected chi connectivity index (χ0v) is 19.9. The predicted molar refractivity (Wildman–Crippen MR) is 134 cm³/mol. The van der Waals surface area contributed by atoms with Gasteiger partial charge in [0.15, 0.2) is 0 Å². The van der Waals surface area contributed by atoms with Crippen LogP contribution in [0.1, 0.15) is 46.0 Å². The molecule has 1 heterocycles. The lowest BCUT2D eigenvalue weighted by atomic mass is 9.90. The van der Waals surface area contributed by atoms with E-state index in [0.29, 0.717) is 16.7 Å². The van der Waals surface area contributed by atoms with Crippen molar-refractivity contribution in [3.8, 4) is 11.4 Å². The van der Waals surface area contributed by atoms with Gasteiger partial charge in [0.2, 0.25) is 11.7 Å². The molecule has 0 aliphatic heterocycles. The van der Waals surface area contributed by atoms with Crippen molar-refractivity contribution in [3.05, 3.63) is 112 Å². The van der Waals surface area contributed by atoms with E-state index in [1.165, 1.54) is 22.3 Å². The van der Waals surface area contributed by atoms with Crippen LogP contribution in [-0.2, 0) is 13.0 Å². The van der Waals surface area contributed by atoms with E-state index < -0.39 is 0 Å². The maximum Gasteiger partial charge on any atom is 0.234 e. The van der Waals surface area contributed by atoms with E-state index in [-0.39, 0.29) is 5.92 Å². The Kier molecular flexibility index (Phi) is 7.58. The number of hydrogen-bond donors (Lipinski definition) is 1. The number of nitrogens with zero attached hydrogens (tertiary/aromatic N) is 2. The van der Waals surface area contributed by atoms with Crippen LogP contribution in [0.15, 0.2) is 71.3 Å². The van der Waals surface area contributed by atoms with Crippen LogP contribution in [0.25, 0.3) is 11.4 Å². The Bertz CT molecular complexity index is 1200. The van der Waals surface area contributed by atoms with Gasteiger partial charge in [-0.3, -0.25) is 0 Å². The van der Waals surface area contributed by atoms with Crippen LogP contribution in [0, 0.1) is 20.8 Å². The minimum atomic E-state index is -0.0850. The monoisotopic (exact) mass is 458 g/mol. The Morgan fingerprint density at radius 1 is 0.970 bits per heavy atom. The zero-order valence-electron chi connectivity index (χ0n) is 19.1. The van der Waals surface area contributed by atoms with Crippen molar-refractivity contribution in [2.24, 2.45) is 0 Å². The van der Waals surface area contributed by atoms with E-state index in [9.17, 15) is 0 Å². The normalized spacial score (nSPS) is 12.1. The van der Waals surface area contributed by atoms with Crippen LogP contribution in [0.2, 0.25) is 5.02 Å². The maximum atomic E-state index is 6.31. The van der Waals surface area contributed by atoms with Crippen molar-refractivity contribution in [2.45, 2.75) is 39.2 Å². The van der Waals surface area contributed by atoms with Gasteiger partial charge in [-0.2, -0.15) is 4.98 Å². The van der Waals surface area contributed by atoms with Gasteiger partial charge in [0.05, 0.1) is 5.92 Å². The second-order valence-corrected chi connectivity index (χ2v) is 8.85. The minimum absolute atomic E-state index is 0.0850. The van der Waals surface area contributed by atoms with Gasteiger partial charge in [0.1, 0.15) is 0 Å². The largest absolute Gasteiger partial charge is 0.338 e. The molecule has 0 aliphatic rings. The summed E-state index contributed by atoms with van der Waals surface area (Å²) in [7, 11) is 0. The molecule has 0 fully saturated rings. The number of nitrogens with one attached hydrogen (secondary N) is 1. The van der Waals surface area contributed by atoms with Gasteiger partial charge in [0.25, 0.3) is 0 Å². The van der Waals surface area contributed by atoms with E-state index in [4.69, 9.17) is 21.1 Å². The van der Waals surface area contributed by atoms with Crippen molar-refractivity contribution < 1.29 is 4.52 Å². The van der Waals surface area contributed by atoms with E-state index >= 15 is 0 Å². The molecule has 0 saturated carbocycles. The lowest BCUT2D eigenvalue weighted by molar-refractivity contribution is 0.365. The summed E-state index contributed by atoms with van der Waals surface area (Å²) in [4.78, 5) is 4.78. The molecular formula is C28H29ClN3O. The van der Waals surface area contributed by atoms with Gasteiger partial charge >= 0.3 is 0 Å². The van der Waals surface area contributed by atoms with Crippen molar-refractivity contribution in [1.29, 1.82) is 0 Å². The molecule has 3 aromatic carbocycles. The van der Waals surface area contributed by atoms with Crippen molar-refractivity contribution in [1.82, 2.24) is 15.5 Å². The first-order chi connectivity index (χ1) is 16.0. The summed E-state index contributed by atoms with van der Waals surface area (Å²) in [6, 6.07) is 22.7. The molecule has 4 nitrogen and oxygen atoms in total. The summed E-state index contributed by atoms with van der Waals surface area (Å²) in [6.07, 6.45) is 1.62. The fourth-order valence-corrected chi connectivity index (χ4v) is 4.06. The Hall–Kier alpha value is -2.95. The average Bonchev–Trinajstić information content (AvgIpc) is 3.30. The Morgan fingerprint density at radius 2 is 1.76 bits per heavy atom. The van der Waals surface area contributed by atoms with Gasteiger partial charge in [-0.15, -0.1) is 0 Å². The third-order valence-electron chi connectivity index (χ3n) is 5.90. The summed E-state index contributed by atoms with van der Waals surface area (Å²) in [6.45, 7) is 9.84. The molecule has 1 N–H and O–H groups in total. The smallest absolute Gasteiger partial charge is 0.234 e. The molecule has 0 saturated heterocycles. The molecular weight excluding hydrogens is 430 g/mol. The van der Waals surface area contributed by atoms with Crippen LogP contribution < -0.4 is 5.32 Å². The second kappa shape index (κ2) is 10.8. The molecule has 169 valence electrons. The molecule has 0 amide bonds. The van der Waals surface area contributed by atoms with E-state index in [2.05, 4.69) is 67.6 Å². The summed E-state index contributed by atoms with van der Waals surface area (Å²) in [5.41, 5.74) is 6.98. The molecule has 0 spiro atoms. The summed E-state index contributed by atoms with van der Waals surface area (Å²) in [5, 5.41) is 8.35. The molecule has 1 atom stereocenters. The first kappa shape index (κ1) is 23.2. The van der Waals surface area contributed by atoms with Crippen molar-refractivity contribution in [3.63, 3.8) is 0 Å². The Balaban J connectivity index is 1.61. The SMILES string of the molecule is [CH2]CCNCc1ccc(-c2noc(C(Cc3ccc(C)c(C)c3)c3cccc(Cl)c3)n2)cc1. The molecule has 1 radical (unpaired) electrons. The van der Waals surface area contributed by atoms with Crippen LogP contribution in [-0.4, -0.2) is 16.7 Å². The number of halogens is 1. The second-order valence-electron chi connectivity index (χ2n) is 8.41. The minimum Gasteiger partial charge on any atom is -0.338 e. The topological polar surface area (TPSA) is 51.0 Å². The first-order valence-electron chi connectivity index (χ1n) is 11.3. The van der Waals surface area contributed by atoms with Crippen molar-refractivity contribution >= 4 is 11.6 Å². The van der Waals surface area contributed by atoms with E-state index in [1.54, 1.807) is 0 Å². The number of aryl methyl sites for hydroxylation is 2. The predicted octanol–water partition coefficient (Wildman–Crippen LogP) is 6.70. The molecule has 5 heteroatoms. The lowest BCUT2D eigenvalue weighted by Gasteiger charge is -2.15. The number of benzene rings is 3. The maximum absolute atomic E-state index is 6.31. The third kappa shape index (κ3) is 5.89. The fraction of sp³-hybridized carbons (Fsp3) is 0.250. The molecule has 4 aromatic rings. The van der Waals surface area contributed by atoms with E-state index in [1.807, 2.05) is 30.3 Å². The summed E-state index contributed by atoms with van der Waals surface area (Å²) in [5.74, 6) is 1.10. The average molecular weight is 459 g/mol. The highest BCUT2D eigenvalue weighted by Gasteiger charge is 2.23. The van der Waals surface area contributed by atoms with Gasteiger partial charge in [-0.1, -0.05) is 78.3 Å². The van der Waals surface area contributed by atoms with Gasteiger partial charge in [-0.05, 0) is 73.2 Å². The van der Waals surface area contributed by atoms with Crippen LogP contribution >= 0.6 is 11.6 Å². The molecule has 0 aliphatic carbocycles. The highest BCUT2D eigenvalue weighted by atomic mass is 35.5. The van der Waals surface area contributed by atoms with E-state index in [0.717, 1.165) is 37.1 Å². The van der Waals surface area contributed by atoms with Crippen LogP contribution in [0.4, 0.5) is 0 Å². The highest BCUT2D eigenvalue weighted by Crippen LogP contribution is 2.31. The molecule has 33 heavy (non-hydrogen) atoms. The summed E-state index contributed by atoms with van der Waals surface area (Å²) >= 11 is 6.31. The fourth-order valence-electron chi connectivity index (χ4n) is 3.86. The standard InChI is InChI=1S/C28H29ClN3O/c1-4-14-30-18-21-10-12-23(13-11-21)27-31-28(33-32-27)26(24-6-5-7-25(29)17-24)16-22-9-8-19(2)20(3)15-22/h5-13,15,17,26,30H,1,4,14,16,18H2,2-3H3. The zero-order chi connectivity index (χ0) is 23.2. The van der Waals surface area contributed by atoms with Gasteiger partial charge in [-0.25, -0.2) is 0 Å². The Labute approximate surface area is 201 Å². The molecule has 0 bridgehead atoms. The highest BCUT2D eigenvalue weighted by molar-refractivity contribution is 6.30. The van der Waals surface area contributed by atoms with Gasteiger partial charge < -0.3 is 9.84 Å². The Morgan fingerprint density at radius 3 is 2.48 bits per heavy atom. The van der Waals surface area contributed by atoms with Crippen molar-refractivity contribution in [2.75, 3.05) is 6.54 Å². The van der Waals surface area contributed by atoms with Crippen LogP contribution in [0.3, 0.4) is 0 Å². The van der Waals surface area contributed by atoms with Gasteiger partial charge in [0, 0.05) is 17.1 Å². The lowest BCUT2D eigenvalue weighted by Crippen LogP contribution is -2.13. The quantitative estimate of drug-likeness (QED) is 0.284. The molecule has 1 unspecified atom stereocenters. The number of hydrogen-bond acceptors (Lipinski definition) is 4. The number of aromatic nitrogens is 2.